The van der Waals surface area contributed by atoms with E-state index >= 15 is 0 Å². The van der Waals surface area contributed by atoms with Gasteiger partial charge in [0, 0.05) is 6.42 Å². The highest BCUT2D eigenvalue weighted by Gasteiger charge is 2.02. The van der Waals surface area contributed by atoms with Crippen LogP contribution in [0.15, 0.2) is 42.6 Å². The zero-order valence-corrected chi connectivity index (χ0v) is 23.9. The Balaban J connectivity index is -0.000000453. The third-order valence-corrected chi connectivity index (χ3v) is 4.53. The van der Waals surface area contributed by atoms with Crippen LogP contribution in [0.25, 0.3) is 0 Å². The maximum absolute atomic E-state index is 7.41. The van der Waals surface area contributed by atoms with E-state index in [0.29, 0.717) is 5.71 Å². The fourth-order valence-corrected chi connectivity index (χ4v) is 2.49. The van der Waals surface area contributed by atoms with Crippen molar-refractivity contribution >= 4 is 5.71 Å². The molecule has 3 nitrogen and oxygen atoms in total. The molecule has 1 aromatic heterocycles. The molecular formula is C31H53N3. The van der Waals surface area contributed by atoms with Gasteiger partial charge in [0.25, 0.3) is 0 Å². The molecule has 0 fully saturated rings. The van der Waals surface area contributed by atoms with Crippen molar-refractivity contribution in [2.45, 2.75) is 108 Å². The number of hydrogen-bond acceptors (Lipinski definition) is 2. The van der Waals surface area contributed by atoms with Crippen LogP contribution in [0.5, 0.6) is 0 Å². The molecule has 0 bridgehead atoms. The van der Waals surface area contributed by atoms with Crippen LogP contribution in [0, 0.1) is 30.6 Å². The predicted octanol–water partition coefficient (Wildman–Crippen LogP) is 9.36. The average molecular weight is 468 g/mol. The number of allylic oxidation sites excluding steroid dienone is 1. The van der Waals surface area contributed by atoms with E-state index in [2.05, 4.69) is 81.4 Å². The summed E-state index contributed by atoms with van der Waals surface area (Å²) in [6.07, 6.45) is 13.2. The summed E-state index contributed by atoms with van der Waals surface area (Å²) in [5.74, 6) is 4.23. The third kappa shape index (κ3) is 20.0. The molecule has 1 atom stereocenters. The lowest BCUT2D eigenvalue weighted by molar-refractivity contribution is 0.560. The lowest BCUT2D eigenvalue weighted by atomic mass is 9.98. The first-order valence-electron chi connectivity index (χ1n) is 13.1. The van der Waals surface area contributed by atoms with Crippen LogP contribution >= 0.6 is 0 Å². The topological polar surface area (TPSA) is 52.5 Å². The van der Waals surface area contributed by atoms with Gasteiger partial charge < -0.3 is 10.4 Å². The Bertz CT molecular complexity index is 776. The van der Waals surface area contributed by atoms with E-state index in [4.69, 9.17) is 11.8 Å². The first-order chi connectivity index (χ1) is 16.3. The van der Waals surface area contributed by atoms with Crippen molar-refractivity contribution in [2.24, 2.45) is 5.92 Å². The Hall–Kier alpha value is -2.60. The number of imidazole rings is 1. The summed E-state index contributed by atoms with van der Waals surface area (Å²) in [4.78, 5) is 7.27. The molecule has 0 spiro atoms. The maximum Gasteiger partial charge on any atom is 0.106 e. The van der Waals surface area contributed by atoms with Crippen LogP contribution in [-0.4, -0.2) is 15.7 Å². The smallest absolute Gasteiger partial charge is 0.106 e. The van der Waals surface area contributed by atoms with Gasteiger partial charge in [-0.3, -0.25) is 0 Å². The zero-order valence-electron chi connectivity index (χ0n) is 23.9. The van der Waals surface area contributed by atoms with E-state index in [1.165, 1.54) is 30.4 Å². The second-order valence-corrected chi connectivity index (χ2v) is 7.88. The SMILES string of the molecule is C#CC(=C)CCCc1ncc(C(C)=N)[nH]1.CC.CC.CCC.CCC(C)Cc1ccc(C)cc1. The van der Waals surface area contributed by atoms with Crippen LogP contribution in [0.1, 0.15) is 111 Å². The molecule has 1 unspecified atom stereocenters. The first kappa shape index (κ1) is 36.0. The van der Waals surface area contributed by atoms with Crippen molar-refractivity contribution in [2.75, 3.05) is 0 Å². The number of benzene rings is 1. The van der Waals surface area contributed by atoms with Gasteiger partial charge >= 0.3 is 0 Å². The largest absolute Gasteiger partial charge is 0.341 e. The standard InChI is InChI=1S/C12H15N3.C12H18.C3H8.2C2H6/c1-4-9(2)6-5-7-12-14-8-11(15-12)10(3)13;1-4-10(2)9-12-7-5-11(3)6-8-12;1-3-2;2*1-2/h1,8,13H,2,5-7H2,3H3,(H,14,15);5-8,10H,4,9H2,1-3H3;3H2,1-2H3;2*1-2H3. The number of H-pyrrole nitrogens is 1. The maximum atomic E-state index is 7.41. The highest BCUT2D eigenvalue weighted by atomic mass is 14.9. The van der Waals surface area contributed by atoms with Crippen molar-refractivity contribution in [3.05, 3.63) is 65.3 Å². The normalized spacial score (nSPS) is 9.68. The van der Waals surface area contributed by atoms with E-state index in [1.54, 1.807) is 13.1 Å². The number of rotatable bonds is 8. The van der Waals surface area contributed by atoms with E-state index in [1.807, 2.05) is 27.7 Å². The molecule has 0 aliphatic carbocycles. The summed E-state index contributed by atoms with van der Waals surface area (Å²) in [6.45, 7) is 24.4. The average Bonchev–Trinajstić information content (AvgIpc) is 3.33. The summed E-state index contributed by atoms with van der Waals surface area (Å²) >= 11 is 0. The molecule has 0 saturated carbocycles. The van der Waals surface area contributed by atoms with Crippen LogP contribution in [0.4, 0.5) is 0 Å². The van der Waals surface area contributed by atoms with E-state index in [-0.39, 0.29) is 0 Å². The van der Waals surface area contributed by atoms with Gasteiger partial charge in [-0.2, -0.15) is 0 Å². The molecule has 0 radical (unpaired) electrons. The van der Waals surface area contributed by atoms with E-state index in [0.717, 1.165) is 42.3 Å². The summed E-state index contributed by atoms with van der Waals surface area (Å²) in [5, 5.41) is 7.41. The Morgan fingerprint density at radius 3 is 2.06 bits per heavy atom. The lowest BCUT2D eigenvalue weighted by Crippen LogP contribution is -1.97. The van der Waals surface area contributed by atoms with Crippen LogP contribution in [0.3, 0.4) is 0 Å². The molecule has 34 heavy (non-hydrogen) atoms. The number of nitrogens with one attached hydrogen (secondary N) is 2. The number of terminal acetylenes is 1. The predicted molar refractivity (Wildman–Crippen MR) is 155 cm³/mol. The van der Waals surface area contributed by atoms with Crippen LogP contribution in [-0.2, 0) is 12.8 Å². The van der Waals surface area contributed by atoms with Gasteiger partial charge in [-0.25, -0.2) is 4.98 Å². The quantitative estimate of drug-likeness (QED) is 0.295. The summed E-state index contributed by atoms with van der Waals surface area (Å²) < 4.78 is 0. The van der Waals surface area contributed by atoms with Gasteiger partial charge in [-0.1, -0.05) is 111 Å². The van der Waals surface area contributed by atoms with Crippen molar-refractivity contribution in [1.29, 1.82) is 5.41 Å². The molecule has 3 heteroatoms. The summed E-state index contributed by atoms with van der Waals surface area (Å²) in [7, 11) is 0. The van der Waals surface area contributed by atoms with Crippen molar-refractivity contribution in [3.63, 3.8) is 0 Å². The molecule has 0 aliphatic heterocycles. The van der Waals surface area contributed by atoms with Crippen LogP contribution < -0.4 is 0 Å². The molecular weight excluding hydrogens is 414 g/mol. The number of aromatic amines is 1. The Morgan fingerprint density at radius 2 is 1.65 bits per heavy atom. The van der Waals surface area contributed by atoms with E-state index < -0.39 is 0 Å². The van der Waals surface area contributed by atoms with Crippen molar-refractivity contribution in [3.8, 4) is 12.3 Å². The molecule has 0 amide bonds. The van der Waals surface area contributed by atoms with Gasteiger partial charge in [0.1, 0.15) is 5.82 Å². The van der Waals surface area contributed by atoms with Gasteiger partial charge in [-0.15, -0.1) is 6.42 Å². The summed E-state index contributed by atoms with van der Waals surface area (Å²) in [6, 6.07) is 8.86. The molecule has 2 N–H and O–H groups in total. The molecule has 0 aliphatic rings. The Morgan fingerprint density at radius 1 is 1.12 bits per heavy atom. The van der Waals surface area contributed by atoms with Gasteiger partial charge in [0.15, 0.2) is 0 Å². The first-order valence-corrected chi connectivity index (χ1v) is 13.1. The fourth-order valence-electron chi connectivity index (χ4n) is 2.49. The van der Waals surface area contributed by atoms with Gasteiger partial charge in [-0.05, 0) is 50.2 Å². The lowest BCUT2D eigenvalue weighted by Gasteiger charge is -2.07. The molecule has 1 heterocycles. The van der Waals surface area contributed by atoms with E-state index in [9.17, 15) is 0 Å². The van der Waals surface area contributed by atoms with Gasteiger partial charge in [0.05, 0.1) is 17.6 Å². The fraction of sp³-hybridized carbons (Fsp3) is 0.548. The van der Waals surface area contributed by atoms with Crippen molar-refractivity contribution in [1.82, 2.24) is 9.97 Å². The monoisotopic (exact) mass is 467 g/mol. The third-order valence-electron chi connectivity index (χ3n) is 4.53. The molecule has 2 rings (SSSR count). The molecule has 1 aromatic carbocycles. The second kappa shape index (κ2) is 25.0. The van der Waals surface area contributed by atoms with Crippen molar-refractivity contribution < 1.29 is 0 Å². The Kier molecular flexibility index (Phi) is 26.5. The number of aryl methyl sites for hydroxylation is 2. The summed E-state index contributed by atoms with van der Waals surface area (Å²) in [5.41, 5.74) is 4.92. The highest BCUT2D eigenvalue weighted by molar-refractivity contribution is 5.94. The van der Waals surface area contributed by atoms with Crippen LogP contribution in [0.2, 0.25) is 0 Å². The highest BCUT2D eigenvalue weighted by Crippen LogP contribution is 2.12. The number of hydrogen-bond donors (Lipinski definition) is 2. The second-order valence-electron chi connectivity index (χ2n) is 7.88. The zero-order chi connectivity index (χ0) is 26.9. The number of nitrogens with zero attached hydrogens (tertiary/aromatic N) is 1. The minimum absolute atomic E-state index is 0.502. The minimum Gasteiger partial charge on any atom is -0.341 e. The Labute approximate surface area is 212 Å². The molecule has 2 aromatic rings. The van der Waals surface area contributed by atoms with Gasteiger partial charge in [0.2, 0.25) is 0 Å². The molecule has 0 saturated heterocycles. The molecule has 192 valence electrons. The number of aromatic nitrogens is 2. The minimum atomic E-state index is 0.502.